The average molecular weight is 389 g/mol. The van der Waals surface area contributed by atoms with Crippen LogP contribution in [0.1, 0.15) is 6.92 Å². The van der Waals surface area contributed by atoms with Crippen LogP contribution in [0.4, 0.5) is 9.18 Å². The molecule has 7 nitrogen and oxygen atoms in total. The molecule has 0 atom stereocenters. The second kappa shape index (κ2) is 8.08. The number of rotatable bonds is 6. The number of methoxy groups -OCH3 is 3. The van der Waals surface area contributed by atoms with Crippen LogP contribution in [0, 0.1) is 5.82 Å². The third kappa shape index (κ3) is 3.53. The van der Waals surface area contributed by atoms with Crippen molar-refractivity contribution in [2.45, 2.75) is 6.92 Å². The first kappa shape index (κ1) is 19.3. The predicted molar refractivity (Wildman–Crippen MR) is 101 cm³/mol. The molecule has 0 saturated heterocycles. The van der Waals surface area contributed by atoms with Crippen molar-refractivity contribution in [1.82, 2.24) is 4.98 Å². The number of halogens is 1. The van der Waals surface area contributed by atoms with Crippen LogP contribution in [0.15, 0.2) is 30.3 Å². The van der Waals surface area contributed by atoms with Crippen molar-refractivity contribution < 1.29 is 32.9 Å². The van der Waals surface area contributed by atoms with Gasteiger partial charge >= 0.3 is 6.16 Å². The smallest absolute Gasteiger partial charge is 0.494 e. The van der Waals surface area contributed by atoms with Gasteiger partial charge in [-0.25, -0.2) is 9.18 Å². The zero-order chi connectivity index (χ0) is 20.3. The van der Waals surface area contributed by atoms with Crippen LogP contribution in [0.3, 0.4) is 0 Å². The van der Waals surface area contributed by atoms with Gasteiger partial charge in [0.2, 0.25) is 5.88 Å². The minimum Gasteiger partial charge on any atom is -0.494 e. The molecule has 2 aromatic carbocycles. The number of nitrogens with one attached hydrogen (secondary N) is 1. The topological polar surface area (TPSA) is 79.0 Å². The molecule has 0 aliphatic rings. The third-order valence-electron chi connectivity index (χ3n) is 4.16. The second-order valence-electron chi connectivity index (χ2n) is 5.72. The first-order valence-corrected chi connectivity index (χ1v) is 8.48. The Morgan fingerprint density at radius 1 is 1.00 bits per heavy atom. The summed E-state index contributed by atoms with van der Waals surface area (Å²) in [5.74, 6) is 0.652. The van der Waals surface area contributed by atoms with Gasteiger partial charge in [-0.2, -0.15) is 0 Å². The summed E-state index contributed by atoms with van der Waals surface area (Å²) in [4.78, 5) is 14.9. The largest absolute Gasteiger partial charge is 0.515 e. The molecule has 1 aromatic heterocycles. The molecule has 0 amide bonds. The number of carbonyl (C=O) groups excluding carboxylic acids is 1. The third-order valence-corrected chi connectivity index (χ3v) is 4.16. The molecule has 1 heterocycles. The summed E-state index contributed by atoms with van der Waals surface area (Å²) in [6, 6.07) is 7.89. The number of fused-ring (bicyclic) bond motifs is 1. The quantitative estimate of drug-likeness (QED) is 0.624. The zero-order valence-corrected chi connectivity index (χ0v) is 15.9. The van der Waals surface area contributed by atoms with E-state index in [1.54, 1.807) is 25.1 Å². The predicted octanol–water partition coefficient (Wildman–Crippen LogP) is 4.54. The van der Waals surface area contributed by atoms with Gasteiger partial charge in [0.25, 0.3) is 0 Å². The summed E-state index contributed by atoms with van der Waals surface area (Å²) in [6.07, 6.45) is -0.872. The molecular weight excluding hydrogens is 369 g/mol. The number of carbonyl (C=O) groups is 1. The molecule has 1 N–H and O–H groups in total. The monoisotopic (exact) mass is 389 g/mol. The fourth-order valence-corrected chi connectivity index (χ4v) is 2.91. The van der Waals surface area contributed by atoms with E-state index in [-0.39, 0.29) is 18.2 Å². The molecule has 0 aliphatic carbocycles. The Morgan fingerprint density at radius 2 is 1.68 bits per heavy atom. The molecule has 0 unspecified atom stereocenters. The van der Waals surface area contributed by atoms with E-state index in [9.17, 15) is 9.18 Å². The number of hydrogen-bond acceptors (Lipinski definition) is 6. The number of ether oxygens (including phenoxy) is 5. The van der Waals surface area contributed by atoms with Gasteiger partial charge in [0.1, 0.15) is 0 Å². The molecule has 3 rings (SSSR count). The minimum absolute atomic E-state index is 0.107. The van der Waals surface area contributed by atoms with Gasteiger partial charge < -0.3 is 28.7 Å². The van der Waals surface area contributed by atoms with Gasteiger partial charge in [-0.15, -0.1) is 0 Å². The van der Waals surface area contributed by atoms with Crippen LogP contribution >= 0.6 is 0 Å². The normalized spacial score (nSPS) is 10.6. The van der Waals surface area contributed by atoms with Crippen LogP contribution < -0.4 is 18.9 Å². The van der Waals surface area contributed by atoms with Gasteiger partial charge in [-0.3, -0.25) is 0 Å². The van der Waals surface area contributed by atoms with Crippen LogP contribution in [0.25, 0.3) is 22.0 Å². The minimum atomic E-state index is -0.872. The van der Waals surface area contributed by atoms with Crippen LogP contribution in [-0.2, 0) is 4.74 Å². The highest BCUT2D eigenvalue weighted by atomic mass is 19.1. The fraction of sp³-hybridized carbons (Fsp3) is 0.250. The molecule has 0 radical (unpaired) electrons. The van der Waals surface area contributed by atoms with Crippen LogP contribution in [0.2, 0.25) is 0 Å². The molecule has 8 heteroatoms. The Kier molecular flexibility index (Phi) is 5.58. The van der Waals surface area contributed by atoms with Crippen molar-refractivity contribution >= 4 is 17.1 Å². The standard InChI is InChI=1S/C20H20FNO6/c1-5-27-20(23)28-19-18(11-6-7-15(24-2)13(21)8-11)12-9-16(25-3)17(26-4)10-14(12)22-19/h6-10,22H,5H2,1-4H3. The average Bonchev–Trinajstić information content (AvgIpc) is 3.03. The zero-order valence-electron chi connectivity index (χ0n) is 15.9. The Hall–Kier alpha value is -3.42. The highest BCUT2D eigenvalue weighted by molar-refractivity contribution is 6.01. The van der Waals surface area contributed by atoms with Gasteiger partial charge in [-0.1, -0.05) is 6.07 Å². The lowest BCUT2D eigenvalue weighted by Gasteiger charge is -2.09. The highest BCUT2D eigenvalue weighted by Gasteiger charge is 2.21. The van der Waals surface area contributed by atoms with Crippen molar-refractivity contribution in [3.05, 3.63) is 36.1 Å². The van der Waals surface area contributed by atoms with E-state index in [1.165, 1.54) is 33.5 Å². The summed E-state index contributed by atoms with van der Waals surface area (Å²) in [5, 5.41) is 0.654. The maximum Gasteiger partial charge on any atom is 0.515 e. The van der Waals surface area contributed by atoms with Gasteiger partial charge in [0.15, 0.2) is 23.1 Å². The van der Waals surface area contributed by atoms with E-state index in [1.807, 2.05) is 0 Å². The molecule has 3 aromatic rings. The number of hydrogen-bond donors (Lipinski definition) is 1. The summed E-state index contributed by atoms with van der Waals surface area (Å²) < 4.78 is 40.1. The Balaban J connectivity index is 2.23. The van der Waals surface area contributed by atoms with Crippen molar-refractivity contribution in [3.63, 3.8) is 0 Å². The lowest BCUT2D eigenvalue weighted by atomic mass is 10.0. The molecule has 0 bridgehead atoms. The maximum atomic E-state index is 14.3. The van der Waals surface area contributed by atoms with Crippen molar-refractivity contribution in [2.75, 3.05) is 27.9 Å². The van der Waals surface area contributed by atoms with E-state index < -0.39 is 12.0 Å². The van der Waals surface area contributed by atoms with Gasteiger partial charge in [0.05, 0.1) is 39.0 Å². The van der Waals surface area contributed by atoms with E-state index in [0.29, 0.717) is 33.5 Å². The van der Waals surface area contributed by atoms with E-state index >= 15 is 0 Å². The summed E-state index contributed by atoms with van der Waals surface area (Å²) >= 11 is 0. The fourth-order valence-electron chi connectivity index (χ4n) is 2.91. The van der Waals surface area contributed by atoms with Crippen molar-refractivity contribution in [1.29, 1.82) is 0 Å². The molecular formula is C20H20FNO6. The van der Waals surface area contributed by atoms with Gasteiger partial charge in [0, 0.05) is 11.5 Å². The second-order valence-corrected chi connectivity index (χ2v) is 5.72. The Bertz CT molecular complexity index is 1010. The summed E-state index contributed by atoms with van der Waals surface area (Å²) in [7, 11) is 4.41. The van der Waals surface area contributed by atoms with Crippen LogP contribution in [-0.4, -0.2) is 39.1 Å². The molecule has 0 saturated carbocycles. The molecule has 0 aliphatic heterocycles. The first-order valence-electron chi connectivity index (χ1n) is 8.48. The first-order chi connectivity index (χ1) is 13.5. The lowest BCUT2D eigenvalue weighted by Crippen LogP contribution is -2.10. The number of H-pyrrole nitrogens is 1. The van der Waals surface area contributed by atoms with E-state index in [4.69, 9.17) is 23.7 Å². The van der Waals surface area contributed by atoms with Crippen molar-refractivity contribution in [2.24, 2.45) is 0 Å². The maximum absolute atomic E-state index is 14.3. The molecule has 148 valence electrons. The SMILES string of the molecule is CCOC(=O)Oc1[nH]c2cc(OC)c(OC)cc2c1-c1ccc(OC)c(F)c1. The van der Waals surface area contributed by atoms with Gasteiger partial charge in [-0.05, 0) is 30.7 Å². The van der Waals surface area contributed by atoms with E-state index in [2.05, 4.69) is 4.98 Å². The molecule has 28 heavy (non-hydrogen) atoms. The number of benzene rings is 2. The van der Waals surface area contributed by atoms with E-state index in [0.717, 1.165) is 0 Å². The Labute approximate surface area is 160 Å². The summed E-state index contributed by atoms with van der Waals surface area (Å²) in [6.45, 7) is 1.83. The molecule has 0 fully saturated rings. The van der Waals surface area contributed by atoms with Crippen molar-refractivity contribution in [3.8, 4) is 34.3 Å². The highest BCUT2D eigenvalue weighted by Crippen LogP contribution is 2.43. The summed E-state index contributed by atoms with van der Waals surface area (Å²) in [5.41, 5.74) is 1.57. The number of aromatic amines is 1. The lowest BCUT2D eigenvalue weighted by molar-refractivity contribution is 0.103. The molecule has 0 spiro atoms. The Morgan fingerprint density at radius 3 is 2.29 bits per heavy atom. The number of aromatic nitrogens is 1. The van der Waals surface area contributed by atoms with Crippen LogP contribution in [0.5, 0.6) is 23.1 Å².